The predicted octanol–water partition coefficient (Wildman–Crippen LogP) is 4.12. The predicted molar refractivity (Wildman–Crippen MR) is 171 cm³/mol. The molecule has 45 heavy (non-hydrogen) atoms. The molecular weight excluding hydrogens is 602 g/mol. The van der Waals surface area contributed by atoms with Gasteiger partial charge in [-0.1, -0.05) is 18.2 Å². The van der Waals surface area contributed by atoms with Gasteiger partial charge in [0.05, 0.1) is 16.9 Å². The van der Waals surface area contributed by atoms with Crippen LogP contribution in [-0.2, 0) is 27.0 Å². The number of anilines is 2. The van der Waals surface area contributed by atoms with Crippen molar-refractivity contribution in [3.8, 4) is 0 Å². The number of rotatable bonds is 1. The summed E-state index contributed by atoms with van der Waals surface area (Å²) in [5, 5.41) is 4.02. The Labute approximate surface area is 262 Å². The van der Waals surface area contributed by atoms with Crippen molar-refractivity contribution in [2.45, 2.75) is 58.0 Å². The van der Waals surface area contributed by atoms with Gasteiger partial charge in [0.1, 0.15) is 23.0 Å². The molecule has 6 heterocycles. The van der Waals surface area contributed by atoms with Gasteiger partial charge in [-0.3, -0.25) is 9.36 Å². The van der Waals surface area contributed by atoms with Crippen LogP contribution in [-0.4, -0.2) is 85.3 Å². The lowest BCUT2D eigenvalue weighted by Gasteiger charge is -2.41. The van der Waals surface area contributed by atoms with Gasteiger partial charge >= 0.3 is 0 Å². The van der Waals surface area contributed by atoms with Gasteiger partial charge in [-0.05, 0) is 63.3 Å². The second-order valence-corrected chi connectivity index (χ2v) is 15.0. The Morgan fingerprint density at radius 2 is 1.76 bits per heavy atom. The van der Waals surface area contributed by atoms with Crippen LogP contribution >= 0.6 is 0 Å². The van der Waals surface area contributed by atoms with Crippen LogP contribution in [0.15, 0.2) is 35.1 Å². The Balaban J connectivity index is 1.38. The number of ether oxygens (including phenoxy) is 1. The minimum Gasteiger partial charge on any atom is -0.381 e. The number of hydrogen-bond donors (Lipinski definition) is 1. The summed E-state index contributed by atoms with van der Waals surface area (Å²) in [6.45, 7) is 7.79. The molecule has 3 aromatic rings. The van der Waals surface area contributed by atoms with E-state index in [0.29, 0.717) is 73.2 Å². The van der Waals surface area contributed by atoms with Crippen LogP contribution in [0.25, 0.3) is 11.0 Å². The topological polar surface area (TPSA) is 110 Å². The van der Waals surface area contributed by atoms with Gasteiger partial charge in [0, 0.05) is 64.0 Å². The van der Waals surface area contributed by atoms with E-state index in [-0.39, 0.29) is 54.1 Å². The van der Waals surface area contributed by atoms with Crippen molar-refractivity contribution in [2.24, 2.45) is 5.92 Å². The summed E-state index contributed by atoms with van der Waals surface area (Å²) in [7, 11) is -3.15. The molecule has 8 bridgehead atoms. The van der Waals surface area contributed by atoms with E-state index in [9.17, 15) is 13.2 Å². The van der Waals surface area contributed by atoms with Gasteiger partial charge in [-0.25, -0.2) is 27.2 Å². The maximum absolute atomic E-state index is 15.5. The summed E-state index contributed by atoms with van der Waals surface area (Å²) in [5.41, 5.74) is 1.32. The average molecular weight is 645 g/mol. The molecule has 2 fully saturated rings. The lowest BCUT2D eigenvalue weighted by Crippen LogP contribution is -2.48. The second kappa shape index (κ2) is 12.9. The molecule has 0 saturated carbocycles. The molecule has 13 heteroatoms. The fourth-order valence-electron chi connectivity index (χ4n) is 6.59. The average Bonchev–Trinajstić information content (AvgIpc) is 2.97. The van der Waals surface area contributed by atoms with E-state index in [4.69, 9.17) is 4.74 Å². The molecule has 0 radical (unpaired) electrons. The molecule has 2 saturated heterocycles. The lowest BCUT2D eigenvalue weighted by atomic mass is 9.89. The van der Waals surface area contributed by atoms with Crippen molar-refractivity contribution >= 4 is 32.4 Å². The first-order valence-electron chi connectivity index (χ1n) is 15.9. The Morgan fingerprint density at radius 3 is 2.53 bits per heavy atom. The number of sulfone groups is 1. The summed E-state index contributed by atoms with van der Waals surface area (Å²) >= 11 is 0. The number of aromatic nitrogens is 3. The molecule has 1 N–H and O–H groups in total. The molecule has 4 aliphatic heterocycles. The standard InChI is InChI=1S/C32H42F2N6O4S/c1-22-25-7-5-8-26(17-25)32(33,34)19-24-20-38(21-24)9-3-4-13-44-14-6-10-40-30-27(29(35-22)36-23(2)37-30)18-28(31(40)41)39-11-15-45(42,43)16-12-39/h5,7-8,17-18,22,24H,3-4,6,9-16,19-21H2,1-2H3,(H,35,36,37)/t22-/m1/s1. The minimum atomic E-state index is -3.15. The SMILES string of the molecule is Cc1nc2c3cc(N4CCS(=O)(=O)CC4)c(=O)n(c3n1)CCCOCCCCN1CC(C1)CC(F)(F)c1cccc(c1)[C@@H](C)N2. The van der Waals surface area contributed by atoms with Crippen LogP contribution < -0.4 is 15.8 Å². The van der Waals surface area contributed by atoms with Crippen LogP contribution in [0.2, 0.25) is 0 Å². The first-order chi connectivity index (χ1) is 21.5. The summed E-state index contributed by atoms with van der Waals surface area (Å²) in [6, 6.07) is 7.93. The molecule has 10 nitrogen and oxygen atoms in total. The number of aryl methyl sites for hydroxylation is 2. The molecule has 0 aliphatic carbocycles. The summed E-state index contributed by atoms with van der Waals surface area (Å²) in [6.07, 6.45) is 2.24. The number of benzene rings is 1. The minimum absolute atomic E-state index is 0.00583. The Bertz CT molecular complexity index is 1700. The Morgan fingerprint density at radius 1 is 1.00 bits per heavy atom. The third-order valence-corrected chi connectivity index (χ3v) is 10.8. The van der Waals surface area contributed by atoms with Gasteiger partial charge in [0.25, 0.3) is 11.5 Å². The molecule has 4 aliphatic rings. The smallest absolute Gasteiger partial charge is 0.275 e. The van der Waals surface area contributed by atoms with E-state index in [1.807, 2.05) is 17.9 Å². The van der Waals surface area contributed by atoms with Crippen LogP contribution in [0.5, 0.6) is 0 Å². The van der Waals surface area contributed by atoms with Crippen LogP contribution in [0, 0.1) is 12.8 Å². The summed E-state index contributed by atoms with van der Waals surface area (Å²) in [4.78, 5) is 27.3. The van der Waals surface area contributed by atoms with Crippen molar-refractivity contribution in [2.75, 3.05) is 67.7 Å². The zero-order valence-corrected chi connectivity index (χ0v) is 26.8. The maximum atomic E-state index is 15.5. The third-order valence-electron chi connectivity index (χ3n) is 9.15. The van der Waals surface area contributed by atoms with E-state index in [1.54, 1.807) is 29.7 Å². The van der Waals surface area contributed by atoms with Crippen molar-refractivity contribution < 1.29 is 21.9 Å². The Kier molecular flexibility index (Phi) is 9.13. The number of hydrogen-bond acceptors (Lipinski definition) is 9. The molecule has 0 amide bonds. The molecule has 0 spiro atoms. The van der Waals surface area contributed by atoms with E-state index in [1.165, 1.54) is 6.07 Å². The first-order valence-corrected chi connectivity index (χ1v) is 17.7. The fourth-order valence-corrected chi connectivity index (χ4v) is 7.80. The third kappa shape index (κ3) is 7.15. The molecule has 2 aromatic heterocycles. The summed E-state index contributed by atoms with van der Waals surface area (Å²) in [5.74, 6) is -2.08. The quantitative estimate of drug-likeness (QED) is 0.419. The monoisotopic (exact) mass is 644 g/mol. The van der Waals surface area contributed by atoms with Gasteiger partial charge in [0.15, 0.2) is 9.84 Å². The molecule has 1 atom stereocenters. The zero-order valence-electron chi connectivity index (χ0n) is 26.0. The van der Waals surface area contributed by atoms with Gasteiger partial charge < -0.3 is 19.9 Å². The van der Waals surface area contributed by atoms with Crippen LogP contribution in [0.4, 0.5) is 20.3 Å². The van der Waals surface area contributed by atoms with Gasteiger partial charge in [0.2, 0.25) is 0 Å². The molecule has 244 valence electrons. The van der Waals surface area contributed by atoms with E-state index in [2.05, 4.69) is 20.2 Å². The fraction of sp³-hybridized carbons (Fsp3) is 0.594. The molecule has 0 unspecified atom stereocenters. The number of fused-ring (bicyclic) bond motifs is 9. The largest absolute Gasteiger partial charge is 0.381 e. The first kappa shape index (κ1) is 31.8. The van der Waals surface area contributed by atoms with Gasteiger partial charge in [-0.15, -0.1) is 0 Å². The summed E-state index contributed by atoms with van der Waals surface area (Å²) < 4.78 is 62.8. The zero-order chi connectivity index (χ0) is 31.8. The highest BCUT2D eigenvalue weighted by atomic mass is 32.2. The number of alkyl halides is 2. The second-order valence-electron chi connectivity index (χ2n) is 12.7. The highest BCUT2D eigenvalue weighted by Gasteiger charge is 2.39. The Hall–Kier alpha value is -3.16. The highest BCUT2D eigenvalue weighted by Crippen LogP contribution is 2.39. The van der Waals surface area contributed by atoms with Crippen LogP contribution in [0.3, 0.4) is 0 Å². The van der Waals surface area contributed by atoms with E-state index in [0.717, 1.165) is 19.4 Å². The number of pyridine rings is 1. The number of halogens is 2. The van der Waals surface area contributed by atoms with E-state index < -0.39 is 15.8 Å². The molecule has 1 aromatic carbocycles. The maximum Gasteiger partial charge on any atom is 0.275 e. The van der Waals surface area contributed by atoms with Crippen molar-refractivity contribution in [1.82, 2.24) is 19.4 Å². The lowest BCUT2D eigenvalue weighted by molar-refractivity contribution is -0.0570. The molecular formula is C32H42F2N6O4S. The van der Waals surface area contributed by atoms with Crippen molar-refractivity contribution in [3.63, 3.8) is 0 Å². The molecule has 7 rings (SSSR count). The number of nitrogens with zero attached hydrogens (tertiary/aromatic N) is 5. The van der Waals surface area contributed by atoms with Crippen molar-refractivity contribution in [3.05, 3.63) is 57.6 Å². The van der Waals surface area contributed by atoms with E-state index >= 15 is 8.78 Å². The number of nitrogens with one attached hydrogen (secondary N) is 1. The van der Waals surface area contributed by atoms with Crippen LogP contribution in [0.1, 0.15) is 55.6 Å². The van der Waals surface area contributed by atoms with Gasteiger partial charge in [-0.2, -0.15) is 0 Å². The highest BCUT2D eigenvalue weighted by molar-refractivity contribution is 7.91. The normalized spacial score (nSPS) is 25.9. The van der Waals surface area contributed by atoms with Crippen molar-refractivity contribution in [1.29, 1.82) is 0 Å².